The Morgan fingerprint density at radius 3 is 2.56 bits per heavy atom. The molecule has 98 valence electrons. The summed E-state index contributed by atoms with van der Waals surface area (Å²) in [4.78, 5) is 13.4. The molecule has 1 aromatic carbocycles. The van der Waals surface area contributed by atoms with Crippen LogP contribution in [0.2, 0.25) is 0 Å². The Morgan fingerprint density at radius 2 is 2.06 bits per heavy atom. The number of alkyl halides is 3. The zero-order valence-corrected chi connectivity index (χ0v) is 11.1. The van der Waals surface area contributed by atoms with Crippen LogP contribution in [0.3, 0.4) is 0 Å². The molecule has 0 aromatic heterocycles. The van der Waals surface area contributed by atoms with Crippen molar-refractivity contribution in [2.45, 2.75) is 13.0 Å². The van der Waals surface area contributed by atoms with Gasteiger partial charge in [-0.25, -0.2) is 0 Å². The summed E-state index contributed by atoms with van der Waals surface area (Å²) in [6.45, 7) is -2.18. The number of halogens is 3. The van der Waals surface area contributed by atoms with Crippen LogP contribution in [-0.4, -0.2) is 24.4 Å². The van der Waals surface area contributed by atoms with Gasteiger partial charge in [-0.15, -0.1) is 0 Å². The lowest BCUT2D eigenvalue weighted by atomic mass is 10.2. The summed E-state index contributed by atoms with van der Waals surface area (Å²) in [5, 5.41) is 0.780. The van der Waals surface area contributed by atoms with Gasteiger partial charge in [0.25, 0.3) is 0 Å². The molecule has 1 atom stereocenters. The fourth-order valence-corrected chi connectivity index (χ4v) is 2.38. The summed E-state index contributed by atoms with van der Waals surface area (Å²) in [5.41, 5.74) is 0.713. The summed E-state index contributed by atoms with van der Waals surface area (Å²) >= 11 is 3.36. The van der Waals surface area contributed by atoms with Crippen LogP contribution in [0.5, 0.6) is 5.75 Å². The normalized spacial score (nSPS) is 19.7. The van der Waals surface area contributed by atoms with E-state index < -0.39 is 6.61 Å². The average Bonchev–Trinajstić information content (AvgIpc) is 2.71. The summed E-state index contributed by atoms with van der Waals surface area (Å²) in [6.07, 6.45) is 0.514. The fraction of sp³-hybridized carbons (Fsp3) is 0.417. The molecule has 0 N–H and O–H groups in total. The predicted molar refractivity (Wildman–Crippen MR) is 67.3 cm³/mol. The van der Waals surface area contributed by atoms with Crippen molar-refractivity contribution in [2.24, 2.45) is 5.92 Å². The van der Waals surface area contributed by atoms with Crippen molar-refractivity contribution < 1.29 is 18.3 Å². The molecule has 1 saturated heterocycles. The second kappa shape index (κ2) is 5.65. The molecule has 1 aromatic rings. The van der Waals surface area contributed by atoms with Crippen LogP contribution in [-0.2, 0) is 4.79 Å². The second-order valence-electron chi connectivity index (χ2n) is 4.10. The van der Waals surface area contributed by atoms with E-state index in [4.69, 9.17) is 0 Å². The highest BCUT2D eigenvalue weighted by atomic mass is 79.9. The number of benzene rings is 1. The number of carbonyl (C=O) groups excluding carboxylic acids is 1. The molecule has 1 unspecified atom stereocenters. The summed E-state index contributed by atoms with van der Waals surface area (Å²) in [6, 6.07) is 6.12. The number of anilines is 1. The van der Waals surface area contributed by atoms with Crippen LogP contribution < -0.4 is 9.64 Å². The van der Waals surface area contributed by atoms with Crippen molar-refractivity contribution in [3.8, 4) is 5.75 Å². The van der Waals surface area contributed by atoms with Crippen LogP contribution in [0.4, 0.5) is 14.5 Å². The first-order chi connectivity index (χ1) is 8.60. The quantitative estimate of drug-likeness (QED) is 0.798. The SMILES string of the molecule is O=C1CC(CBr)CN1c1ccc(OC(F)F)cc1. The van der Waals surface area contributed by atoms with Gasteiger partial charge in [-0.05, 0) is 30.2 Å². The Labute approximate surface area is 112 Å². The molecule has 2 rings (SSSR count). The van der Waals surface area contributed by atoms with Crippen LogP contribution in [0, 0.1) is 5.92 Å². The van der Waals surface area contributed by atoms with Gasteiger partial charge in [0.2, 0.25) is 5.91 Å². The Hall–Kier alpha value is -1.17. The third kappa shape index (κ3) is 2.98. The van der Waals surface area contributed by atoms with Gasteiger partial charge in [0.1, 0.15) is 5.75 Å². The van der Waals surface area contributed by atoms with Gasteiger partial charge in [0, 0.05) is 24.0 Å². The van der Waals surface area contributed by atoms with E-state index in [0.29, 0.717) is 24.6 Å². The Bertz CT molecular complexity index is 425. The molecule has 0 aliphatic carbocycles. The first-order valence-corrected chi connectivity index (χ1v) is 6.63. The minimum atomic E-state index is -2.83. The molecule has 0 radical (unpaired) electrons. The standard InChI is InChI=1S/C12H12BrF2NO2/c13-6-8-5-11(17)16(7-8)9-1-3-10(4-2-9)18-12(14)15/h1-4,8,12H,5-7H2. The van der Waals surface area contributed by atoms with E-state index in [2.05, 4.69) is 20.7 Å². The summed E-state index contributed by atoms with van der Waals surface area (Å²) in [5.74, 6) is 0.453. The number of nitrogens with zero attached hydrogens (tertiary/aromatic N) is 1. The lowest BCUT2D eigenvalue weighted by Crippen LogP contribution is -2.24. The van der Waals surface area contributed by atoms with E-state index >= 15 is 0 Å². The van der Waals surface area contributed by atoms with E-state index in [1.807, 2.05) is 0 Å². The largest absolute Gasteiger partial charge is 0.435 e. The molecule has 0 bridgehead atoms. The maximum atomic E-state index is 12.0. The highest BCUT2D eigenvalue weighted by Gasteiger charge is 2.29. The number of amides is 1. The molecule has 18 heavy (non-hydrogen) atoms. The monoisotopic (exact) mass is 319 g/mol. The highest BCUT2D eigenvalue weighted by Crippen LogP contribution is 2.27. The van der Waals surface area contributed by atoms with Crippen LogP contribution in [0.1, 0.15) is 6.42 Å². The van der Waals surface area contributed by atoms with Crippen molar-refractivity contribution in [3.05, 3.63) is 24.3 Å². The van der Waals surface area contributed by atoms with E-state index in [1.165, 1.54) is 12.1 Å². The van der Waals surface area contributed by atoms with Crippen molar-refractivity contribution in [1.82, 2.24) is 0 Å². The van der Waals surface area contributed by atoms with E-state index in [9.17, 15) is 13.6 Å². The fourth-order valence-electron chi connectivity index (χ4n) is 1.94. The number of ether oxygens (including phenoxy) is 1. The number of carbonyl (C=O) groups is 1. The van der Waals surface area contributed by atoms with E-state index in [-0.39, 0.29) is 11.7 Å². The molecule has 6 heteroatoms. The molecule has 3 nitrogen and oxygen atoms in total. The average molecular weight is 320 g/mol. The third-order valence-electron chi connectivity index (χ3n) is 2.80. The van der Waals surface area contributed by atoms with E-state index in [1.54, 1.807) is 17.0 Å². The zero-order chi connectivity index (χ0) is 13.1. The predicted octanol–water partition coefficient (Wildman–Crippen LogP) is 3.04. The molecule has 1 aliphatic heterocycles. The molecular weight excluding hydrogens is 308 g/mol. The van der Waals surface area contributed by atoms with Gasteiger partial charge in [-0.1, -0.05) is 15.9 Å². The smallest absolute Gasteiger partial charge is 0.387 e. The Balaban J connectivity index is 2.08. The Morgan fingerprint density at radius 1 is 1.39 bits per heavy atom. The van der Waals surface area contributed by atoms with Crippen molar-refractivity contribution >= 4 is 27.5 Å². The first-order valence-electron chi connectivity index (χ1n) is 5.51. The van der Waals surface area contributed by atoms with Crippen molar-refractivity contribution in [3.63, 3.8) is 0 Å². The number of rotatable bonds is 4. The highest BCUT2D eigenvalue weighted by molar-refractivity contribution is 9.09. The number of hydrogen-bond acceptors (Lipinski definition) is 2. The molecule has 1 heterocycles. The lowest BCUT2D eigenvalue weighted by Gasteiger charge is -2.16. The third-order valence-corrected chi connectivity index (χ3v) is 3.71. The topological polar surface area (TPSA) is 29.5 Å². The van der Waals surface area contributed by atoms with E-state index in [0.717, 1.165) is 5.33 Å². The van der Waals surface area contributed by atoms with Gasteiger partial charge in [0.05, 0.1) is 0 Å². The maximum absolute atomic E-state index is 12.0. The second-order valence-corrected chi connectivity index (χ2v) is 4.75. The minimum Gasteiger partial charge on any atom is -0.435 e. The molecule has 1 amide bonds. The lowest BCUT2D eigenvalue weighted by molar-refractivity contribution is -0.117. The summed E-state index contributed by atoms with van der Waals surface area (Å²) < 4.78 is 28.2. The van der Waals surface area contributed by atoms with Crippen LogP contribution in [0.15, 0.2) is 24.3 Å². The van der Waals surface area contributed by atoms with Crippen molar-refractivity contribution in [2.75, 3.05) is 16.8 Å². The maximum Gasteiger partial charge on any atom is 0.387 e. The van der Waals surface area contributed by atoms with Gasteiger partial charge in [0.15, 0.2) is 0 Å². The molecule has 0 saturated carbocycles. The van der Waals surface area contributed by atoms with Crippen molar-refractivity contribution in [1.29, 1.82) is 0 Å². The van der Waals surface area contributed by atoms with Gasteiger partial charge < -0.3 is 9.64 Å². The van der Waals surface area contributed by atoms with Gasteiger partial charge in [-0.3, -0.25) is 4.79 Å². The van der Waals surface area contributed by atoms with Crippen LogP contribution >= 0.6 is 15.9 Å². The van der Waals surface area contributed by atoms with Gasteiger partial charge >= 0.3 is 6.61 Å². The van der Waals surface area contributed by atoms with Crippen LogP contribution in [0.25, 0.3) is 0 Å². The number of hydrogen-bond donors (Lipinski definition) is 0. The Kier molecular flexibility index (Phi) is 4.16. The molecular formula is C12H12BrF2NO2. The molecule has 0 spiro atoms. The van der Waals surface area contributed by atoms with Gasteiger partial charge in [-0.2, -0.15) is 8.78 Å². The summed E-state index contributed by atoms with van der Waals surface area (Å²) in [7, 11) is 0. The minimum absolute atomic E-state index is 0.0574. The zero-order valence-electron chi connectivity index (χ0n) is 9.48. The molecule has 1 fully saturated rings. The molecule has 1 aliphatic rings. The first kappa shape index (κ1) is 13.3.